The summed E-state index contributed by atoms with van der Waals surface area (Å²) in [5, 5.41) is 8.82. The van der Waals surface area contributed by atoms with Gasteiger partial charge < -0.3 is 14.7 Å². The number of carboxylic acids is 1. The molecule has 1 aliphatic carbocycles. The van der Waals surface area contributed by atoms with Gasteiger partial charge in [0.25, 0.3) is 0 Å². The fourth-order valence-electron chi connectivity index (χ4n) is 2.56. The van der Waals surface area contributed by atoms with Gasteiger partial charge in [-0.15, -0.1) is 0 Å². The highest BCUT2D eigenvalue weighted by Gasteiger charge is 2.31. The lowest BCUT2D eigenvalue weighted by Crippen LogP contribution is -2.35. The van der Waals surface area contributed by atoms with E-state index in [1.165, 1.54) is 19.3 Å². The molecule has 1 heterocycles. The molecule has 1 aliphatic heterocycles. The van der Waals surface area contributed by atoms with E-state index in [1.807, 2.05) is 0 Å². The zero-order valence-electron chi connectivity index (χ0n) is 9.89. The fourth-order valence-corrected chi connectivity index (χ4v) is 2.56. The molecule has 1 N–H and O–H groups in total. The van der Waals surface area contributed by atoms with E-state index in [9.17, 15) is 4.79 Å². The van der Waals surface area contributed by atoms with Crippen LogP contribution in [-0.2, 0) is 9.53 Å². The highest BCUT2D eigenvalue weighted by atomic mass is 16.5. The number of carbonyl (C=O) groups is 1. The van der Waals surface area contributed by atoms with Gasteiger partial charge in [0, 0.05) is 13.1 Å². The van der Waals surface area contributed by atoms with Gasteiger partial charge in [0.2, 0.25) is 0 Å². The Labute approximate surface area is 96.6 Å². The average Bonchev–Trinajstić information content (AvgIpc) is 2.60. The van der Waals surface area contributed by atoms with Crippen molar-refractivity contribution in [3.63, 3.8) is 0 Å². The van der Waals surface area contributed by atoms with Gasteiger partial charge in [-0.1, -0.05) is 6.42 Å². The van der Waals surface area contributed by atoms with E-state index in [1.54, 1.807) is 0 Å². The first-order chi connectivity index (χ1) is 7.65. The van der Waals surface area contributed by atoms with E-state index in [2.05, 4.69) is 11.9 Å². The number of carboxylic acid groups (broad SMARTS) is 1. The van der Waals surface area contributed by atoms with Crippen LogP contribution in [-0.4, -0.2) is 48.3 Å². The third-order valence-electron chi connectivity index (χ3n) is 3.69. The average molecular weight is 227 g/mol. The molecule has 1 saturated carbocycles. The van der Waals surface area contributed by atoms with Crippen LogP contribution in [0.1, 0.15) is 32.1 Å². The van der Waals surface area contributed by atoms with Crippen LogP contribution in [0, 0.1) is 5.92 Å². The summed E-state index contributed by atoms with van der Waals surface area (Å²) >= 11 is 0. The molecule has 0 aromatic rings. The first kappa shape index (κ1) is 11.9. The molecule has 0 aromatic heterocycles. The van der Waals surface area contributed by atoms with Crippen LogP contribution in [0.5, 0.6) is 0 Å². The summed E-state index contributed by atoms with van der Waals surface area (Å²) in [5.74, 6) is 0.0471. The van der Waals surface area contributed by atoms with Crippen LogP contribution in [0.4, 0.5) is 0 Å². The van der Waals surface area contributed by atoms with Gasteiger partial charge >= 0.3 is 5.97 Å². The molecular weight excluding hydrogens is 206 g/mol. The van der Waals surface area contributed by atoms with E-state index >= 15 is 0 Å². The minimum absolute atomic E-state index is 0.117. The fraction of sp³-hybridized carbons (Fsp3) is 0.917. The summed E-state index contributed by atoms with van der Waals surface area (Å²) < 4.78 is 5.49. The second-order valence-corrected chi connectivity index (χ2v) is 5.18. The predicted octanol–water partition coefficient (Wildman–Crippen LogP) is 1.35. The van der Waals surface area contributed by atoms with Crippen molar-refractivity contribution in [3.8, 4) is 0 Å². The molecule has 1 saturated heterocycles. The van der Waals surface area contributed by atoms with Crippen molar-refractivity contribution >= 4 is 5.97 Å². The molecule has 92 valence electrons. The van der Waals surface area contributed by atoms with Crippen molar-refractivity contribution in [2.24, 2.45) is 5.92 Å². The molecule has 0 aromatic carbocycles. The predicted molar refractivity (Wildman–Crippen MR) is 60.4 cm³/mol. The topological polar surface area (TPSA) is 49.8 Å². The van der Waals surface area contributed by atoms with Crippen molar-refractivity contribution in [2.75, 3.05) is 20.1 Å². The molecule has 2 aliphatic rings. The minimum atomic E-state index is -0.816. The monoisotopic (exact) mass is 227 g/mol. The van der Waals surface area contributed by atoms with Crippen LogP contribution in [0.15, 0.2) is 0 Å². The van der Waals surface area contributed by atoms with Gasteiger partial charge in [-0.3, -0.25) is 0 Å². The summed E-state index contributed by atoms with van der Waals surface area (Å²) in [6.45, 7) is 2.01. The molecule has 0 spiro atoms. The standard InChI is InChI=1S/C12H21NO3/c1-13(7-9-3-2-4-9)8-10-5-6-11(16-10)12(14)15/h9-11H,2-8H2,1H3,(H,14,15). The second kappa shape index (κ2) is 5.15. The Morgan fingerprint density at radius 2 is 2.06 bits per heavy atom. The SMILES string of the molecule is CN(CC1CCC1)CC1CCC(C(=O)O)O1. The molecule has 2 atom stereocenters. The molecule has 2 fully saturated rings. The smallest absolute Gasteiger partial charge is 0.332 e. The molecule has 0 amide bonds. The maximum Gasteiger partial charge on any atom is 0.332 e. The highest BCUT2D eigenvalue weighted by Crippen LogP contribution is 2.27. The molecule has 16 heavy (non-hydrogen) atoms. The molecule has 2 rings (SSSR count). The van der Waals surface area contributed by atoms with E-state index in [4.69, 9.17) is 9.84 Å². The quantitative estimate of drug-likeness (QED) is 0.770. The number of nitrogens with zero attached hydrogens (tertiary/aromatic N) is 1. The van der Waals surface area contributed by atoms with Gasteiger partial charge in [0.15, 0.2) is 6.10 Å². The molecule has 0 radical (unpaired) electrons. The third kappa shape index (κ3) is 2.95. The first-order valence-corrected chi connectivity index (χ1v) is 6.22. The third-order valence-corrected chi connectivity index (χ3v) is 3.69. The normalized spacial score (nSPS) is 30.6. The minimum Gasteiger partial charge on any atom is -0.479 e. The van der Waals surface area contributed by atoms with Crippen molar-refractivity contribution in [2.45, 2.75) is 44.3 Å². The van der Waals surface area contributed by atoms with Crippen LogP contribution in [0.3, 0.4) is 0 Å². The van der Waals surface area contributed by atoms with E-state index in [0.717, 1.165) is 25.4 Å². The zero-order chi connectivity index (χ0) is 11.5. The summed E-state index contributed by atoms with van der Waals surface area (Å²) in [6.07, 6.45) is 5.18. The Morgan fingerprint density at radius 1 is 1.31 bits per heavy atom. The Morgan fingerprint density at radius 3 is 2.56 bits per heavy atom. The molecule has 4 nitrogen and oxygen atoms in total. The molecule has 2 unspecified atom stereocenters. The van der Waals surface area contributed by atoms with Crippen molar-refractivity contribution < 1.29 is 14.6 Å². The maximum atomic E-state index is 10.7. The summed E-state index contributed by atoms with van der Waals surface area (Å²) in [5.41, 5.74) is 0. The number of hydrogen-bond donors (Lipinski definition) is 1. The van der Waals surface area contributed by atoms with Crippen molar-refractivity contribution in [1.29, 1.82) is 0 Å². The van der Waals surface area contributed by atoms with E-state index in [-0.39, 0.29) is 6.10 Å². The lowest BCUT2D eigenvalue weighted by atomic mass is 9.85. The number of likely N-dealkylation sites (N-methyl/N-ethyl adjacent to an activating group) is 1. The van der Waals surface area contributed by atoms with Crippen LogP contribution in [0.2, 0.25) is 0 Å². The Kier molecular flexibility index (Phi) is 3.82. The number of ether oxygens (including phenoxy) is 1. The van der Waals surface area contributed by atoms with Gasteiger partial charge in [0.05, 0.1) is 6.10 Å². The lowest BCUT2D eigenvalue weighted by Gasteiger charge is -2.31. The summed E-state index contributed by atoms with van der Waals surface area (Å²) in [7, 11) is 2.11. The van der Waals surface area contributed by atoms with Crippen molar-refractivity contribution in [3.05, 3.63) is 0 Å². The molecule has 0 bridgehead atoms. The second-order valence-electron chi connectivity index (χ2n) is 5.18. The van der Waals surface area contributed by atoms with Crippen LogP contribution in [0.25, 0.3) is 0 Å². The van der Waals surface area contributed by atoms with Gasteiger partial charge in [0.1, 0.15) is 0 Å². The summed E-state index contributed by atoms with van der Waals surface area (Å²) in [6, 6.07) is 0. The first-order valence-electron chi connectivity index (χ1n) is 6.22. The Bertz CT molecular complexity index is 253. The van der Waals surface area contributed by atoms with Crippen LogP contribution >= 0.6 is 0 Å². The molecular formula is C12H21NO3. The van der Waals surface area contributed by atoms with Crippen LogP contribution < -0.4 is 0 Å². The Balaban J connectivity index is 1.67. The number of hydrogen-bond acceptors (Lipinski definition) is 3. The maximum absolute atomic E-state index is 10.7. The van der Waals surface area contributed by atoms with E-state index < -0.39 is 12.1 Å². The van der Waals surface area contributed by atoms with E-state index in [0.29, 0.717) is 6.42 Å². The summed E-state index contributed by atoms with van der Waals surface area (Å²) in [4.78, 5) is 13.0. The van der Waals surface area contributed by atoms with Crippen molar-refractivity contribution in [1.82, 2.24) is 4.90 Å². The largest absolute Gasteiger partial charge is 0.479 e. The van der Waals surface area contributed by atoms with Gasteiger partial charge in [-0.05, 0) is 38.6 Å². The Hall–Kier alpha value is -0.610. The zero-order valence-corrected chi connectivity index (χ0v) is 9.89. The number of aliphatic carboxylic acids is 1. The van der Waals surface area contributed by atoms with Gasteiger partial charge in [-0.2, -0.15) is 0 Å². The number of rotatable bonds is 5. The lowest BCUT2D eigenvalue weighted by molar-refractivity contribution is -0.149. The molecule has 4 heteroatoms. The van der Waals surface area contributed by atoms with Gasteiger partial charge in [-0.25, -0.2) is 4.79 Å². The highest BCUT2D eigenvalue weighted by molar-refractivity contribution is 5.72.